The Morgan fingerprint density at radius 2 is 2.11 bits per heavy atom. The number of aromatic nitrogens is 1. The van der Waals surface area contributed by atoms with E-state index in [4.69, 9.17) is 16.3 Å². The van der Waals surface area contributed by atoms with Crippen molar-refractivity contribution < 1.29 is 17.9 Å². The van der Waals surface area contributed by atoms with Crippen LogP contribution >= 0.6 is 11.6 Å². The molecule has 0 saturated carbocycles. The molecule has 18 heavy (non-hydrogen) atoms. The average Bonchev–Trinajstić information content (AvgIpc) is 2.32. The molecule has 0 aliphatic carbocycles. The van der Waals surface area contributed by atoms with Crippen molar-refractivity contribution in [3.05, 3.63) is 53.2 Å². The highest BCUT2D eigenvalue weighted by atomic mass is 35.5. The number of benzene rings is 1. The highest BCUT2D eigenvalue weighted by Crippen LogP contribution is 2.34. The molecule has 1 aromatic carbocycles. The zero-order valence-electron chi connectivity index (χ0n) is 8.83. The van der Waals surface area contributed by atoms with Gasteiger partial charge in [0.1, 0.15) is 10.8 Å². The SMILES string of the molecule is FC(F)(F)c1cnc(Oc2c[c]ccc2)c(Cl)c1. The van der Waals surface area contributed by atoms with E-state index in [0.29, 0.717) is 11.9 Å². The number of pyridine rings is 1. The summed E-state index contributed by atoms with van der Waals surface area (Å²) in [5.74, 6) is 0.316. The van der Waals surface area contributed by atoms with E-state index in [0.717, 1.165) is 6.07 Å². The fraction of sp³-hybridized carbons (Fsp3) is 0.0833. The van der Waals surface area contributed by atoms with Crippen molar-refractivity contribution in [2.75, 3.05) is 0 Å². The Morgan fingerprint density at radius 1 is 1.33 bits per heavy atom. The van der Waals surface area contributed by atoms with Crippen molar-refractivity contribution in [3.8, 4) is 11.6 Å². The van der Waals surface area contributed by atoms with Crippen LogP contribution in [-0.4, -0.2) is 4.98 Å². The molecule has 0 aliphatic rings. The predicted octanol–water partition coefficient (Wildman–Crippen LogP) is 4.35. The van der Waals surface area contributed by atoms with Gasteiger partial charge in [-0.05, 0) is 24.3 Å². The number of hydrogen-bond acceptors (Lipinski definition) is 2. The van der Waals surface area contributed by atoms with Gasteiger partial charge < -0.3 is 4.74 Å². The summed E-state index contributed by atoms with van der Waals surface area (Å²) in [5.41, 5.74) is -0.917. The van der Waals surface area contributed by atoms with E-state index in [2.05, 4.69) is 11.1 Å². The molecular formula is C12H6ClF3NO. The van der Waals surface area contributed by atoms with Crippen LogP contribution in [-0.2, 0) is 6.18 Å². The number of halogens is 4. The van der Waals surface area contributed by atoms with Crippen molar-refractivity contribution >= 4 is 11.6 Å². The molecule has 2 rings (SSSR count). The quantitative estimate of drug-likeness (QED) is 0.811. The van der Waals surface area contributed by atoms with E-state index in [9.17, 15) is 13.2 Å². The van der Waals surface area contributed by atoms with Gasteiger partial charge in [0.2, 0.25) is 5.88 Å². The molecule has 0 N–H and O–H groups in total. The Balaban J connectivity index is 2.26. The summed E-state index contributed by atoms with van der Waals surface area (Å²) < 4.78 is 42.4. The molecule has 0 atom stereocenters. The monoisotopic (exact) mass is 272 g/mol. The molecule has 0 amide bonds. The van der Waals surface area contributed by atoms with Gasteiger partial charge in [-0.15, -0.1) is 0 Å². The Kier molecular flexibility index (Phi) is 3.43. The molecule has 0 unspecified atom stereocenters. The first-order valence-electron chi connectivity index (χ1n) is 4.83. The second-order valence-corrected chi connectivity index (χ2v) is 3.76. The van der Waals surface area contributed by atoms with Crippen LogP contribution in [0, 0.1) is 6.07 Å². The second-order valence-electron chi connectivity index (χ2n) is 3.35. The summed E-state index contributed by atoms with van der Waals surface area (Å²) in [6.07, 6.45) is -3.80. The number of alkyl halides is 3. The molecule has 1 heterocycles. The summed E-state index contributed by atoms with van der Waals surface area (Å²) in [7, 11) is 0. The third-order valence-corrected chi connectivity index (χ3v) is 2.30. The number of hydrogen-bond donors (Lipinski definition) is 0. The van der Waals surface area contributed by atoms with E-state index >= 15 is 0 Å². The first kappa shape index (κ1) is 12.7. The molecule has 1 radical (unpaired) electrons. The van der Waals surface area contributed by atoms with E-state index < -0.39 is 11.7 Å². The Labute approximate surface area is 106 Å². The lowest BCUT2D eigenvalue weighted by atomic mass is 10.3. The van der Waals surface area contributed by atoms with Crippen molar-refractivity contribution in [1.29, 1.82) is 0 Å². The topological polar surface area (TPSA) is 22.1 Å². The summed E-state index contributed by atoms with van der Waals surface area (Å²) in [4.78, 5) is 3.55. The molecule has 0 bridgehead atoms. The van der Waals surface area contributed by atoms with Gasteiger partial charge in [0.05, 0.1) is 5.56 Å². The summed E-state index contributed by atoms with van der Waals surface area (Å²) in [6.45, 7) is 0. The van der Waals surface area contributed by atoms with Crippen LogP contribution in [0.4, 0.5) is 13.2 Å². The van der Waals surface area contributed by atoms with E-state index in [1.54, 1.807) is 18.2 Å². The normalized spacial score (nSPS) is 11.3. The maximum atomic E-state index is 12.4. The van der Waals surface area contributed by atoms with Crippen molar-refractivity contribution in [2.24, 2.45) is 0 Å². The van der Waals surface area contributed by atoms with E-state index in [1.807, 2.05) is 0 Å². The maximum Gasteiger partial charge on any atom is 0.417 e. The predicted molar refractivity (Wildman–Crippen MR) is 59.6 cm³/mol. The van der Waals surface area contributed by atoms with Gasteiger partial charge in [-0.25, -0.2) is 4.98 Å². The second kappa shape index (κ2) is 4.86. The third kappa shape index (κ3) is 2.92. The number of nitrogens with zero attached hydrogens (tertiary/aromatic N) is 1. The highest BCUT2D eigenvalue weighted by molar-refractivity contribution is 6.31. The molecule has 6 heteroatoms. The van der Waals surface area contributed by atoms with Gasteiger partial charge in [-0.2, -0.15) is 13.2 Å². The van der Waals surface area contributed by atoms with E-state index in [1.165, 1.54) is 6.07 Å². The lowest BCUT2D eigenvalue weighted by Crippen LogP contribution is -2.05. The van der Waals surface area contributed by atoms with Crippen LogP contribution in [0.5, 0.6) is 11.6 Å². The van der Waals surface area contributed by atoms with E-state index in [-0.39, 0.29) is 10.9 Å². The minimum absolute atomic E-state index is 0.0794. The van der Waals surface area contributed by atoms with Crippen LogP contribution in [0.25, 0.3) is 0 Å². The standard InChI is InChI=1S/C12H6ClF3NO/c13-10-6-8(12(14,15)16)7-17-11(10)18-9-4-2-1-3-5-9/h1-2,4-7H. The Hall–Kier alpha value is -1.75. The van der Waals surface area contributed by atoms with Gasteiger partial charge in [0.25, 0.3) is 0 Å². The molecule has 2 aromatic rings. The summed E-state index contributed by atoms with van der Waals surface area (Å²) in [6, 6.07) is 10.0. The summed E-state index contributed by atoms with van der Waals surface area (Å²) in [5, 5.41) is -0.200. The first-order chi connectivity index (χ1) is 8.47. The molecule has 0 spiro atoms. The zero-order valence-corrected chi connectivity index (χ0v) is 9.59. The minimum Gasteiger partial charge on any atom is -0.438 e. The highest BCUT2D eigenvalue weighted by Gasteiger charge is 2.31. The minimum atomic E-state index is -4.48. The maximum absolute atomic E-state index is 12.4. The molecular weight excluding hydrogens is 267 g/mol. The van der Waals surface area contributed by atoms with Crippen LogP contribution in [0.2, 0.25) is 5.02 Å². The number of rotatable bonds is 2. The fourth-order valence-electron chi connectivity index (χ4n) is 1.21. The van der Waals surface area contributed by atoms with Crippen LogP contribution in [0.15, 0.2) is 36.5 Å². The van der Waals surface area contributed by atoms with Crippen LogP contribution < -0.4 is 4.74 Å². The van der Waals surface area contributed by atoms with Crippen molar-refractivity contribution in [3.63, 3.8) is 0 Å². The van der Waals surface area contributed by atoms with Gasteiger partial charge in [-0.3, -0.25) is 0 Å². The van der Waals surface area contributed by atoms with Crippen LogP contribution in [0.1, 0.15) is 5.56 Å². The molecule has 2 nitrogen and oxygen atoms in total. The largest absolute Gasteiger partial charge is 0.438 e. The Bertz CT molecular complexity index is 543. The molecule has 93 valence electrons. The van der Waals surface area contributed by atoms with Gasteiger partial charge in [0, 0.05) is 6.20 Å². The van der Waals surface area contributed by atoms with Gasteiger partial charge in [0.15, 0.2) is 0 Å². The molecule has 1 aromatic heterocycles. The first-order valence-corrected chi connectivity index (χ1v) is 5.21. The lowest BCUT2D eigenvalue weighted by Gasteiger charge is -2.09. The lowest BCUT2D eigenvalue weighted by molar-refractivity contribution is -0.137. The molecule has 0 saturated heterocycles. The summed E-state index contributed by atoms with van der Waals surface area (Å²) >= 11 is 5.69. The zero-order chi connectivity index (χ0) is 13.2. The van der Waals surface area contributed by atoms with Crippen molar-refractivity contribution in [2.45, 2.75) is 6.18 Å². The molecule has 0 aliphatic heterocycles. The fourth-order valence-corrected chi connectivity index (χ4v) is 1.41. The Morgan fingerprint density at radius 3 is 2.67 bits per heavy atom. The van der Waals surface area contributed by atoms with Crippen LogP contribution in [0.3, 0.4) is 0 Å². The van der Waals surface area contributed by atoms with Crippen molar-refractivity contribution in [1.82, 2.24) is 4.98 Å². The van der Waals surface area contributed by atoms with Gasteiger partial charge in [-0.1, -0.05) is 23.7 Å². The number of ether oxygens (including phenoxy) is 1. The smallest absolute Gasteiger partial charge is 0.417 e. The molecule has 0 fully saturated rings. The third-order valence-electron chi connectivity index (χ3n) is 2.03. The van der Waals surface area contributed by atoms with Gasteiger partial charge >= 0.3 is 6.18 Å². The average molecular weight is 273 g/mol.